The fourth-order valence-electron chi connectivity index (χ4n) is 3.74. The smallest absolute Gasteiger partial charge is 0.229 e. The first-order chi connectivity index (χ1) is 12.7. The van der Waals surface area contributed by atoms with Gasteiger partial charge in [0.05, 0.1) is 29.0 Å². The maximum absolute atomic E-state index is 4.78. The quantitative estimate of drug-likeness (QED) is 0.611. The van der Waals surface area contributed by atoms with Gasteiger partial charge < -0.3 is 5.32 Å². The number of aromatic nitrogens is 7. The lowest BCUT2D eigenvalue weighted by molar-refractivity contribution is 0.476. The van der Waals surface area contributed by atoms with Crippen molar-refractivity contribution in [1.82, 2.24) is 34.3 Å². The van der Waals surface area contributed by atoms with Crippen LogP contribution in [0.4, 0.5) is 11.6 Å². The Morgan fingerprint density at radius 1 is 1.15 bits per heavy atom. The fourth-order valence-corrected chi connectivity index (χ4v) is 3.74. The van der Waals surface area contributed by atoms with E-state index in [4.69, 9.17) is 10.1 Å². The summed E-state index contributed by atoms with van der Waals surface area (Å²) in [6.07, 6.45) is 10.2. The minimum Gasteiger partial charge on any atom is -0.323 e. The van der Waals surface area contributed by atoms with Crippen LogP contribution in [-0.4, -0.2) is 34.3 Å². The number of hydrogen-bond acceptors (Lipinski definition) is 6. The Hall–Kier alpha value is -3.03. The van der Waals surface area contributed by atoms with Gasteiger partial charge in [-0.1, -0.05) is 12.8 Å². The lowest BCUT2D eigenvalue weighted by Crippen LogP contribution is -2.08. The van der Waals surface area contributed by atoms with Crippen molar-refractivity contribution >= 4 is 28.3 Å². The van der Waals surface area contributed by atoms with Crippen LogP contribution in [0.25, 0.3) is 16.7 Å². The largest absolute Gasteiger partial charge is 0.323 e. The monoisotopic (exact) mass is 348 g/mol. The van der Waals surface area contributed by atoms with E-state index in [0.717, 1.165) is 33.6 Å². The van der Waals surface area contributed by atoms with Gasteiger partial charge in [0.15, 0.2) is 11.3 Å². The Morgan fingerprint density at radius 2 is 2.00 bits per heavy atom. The molecular formula is C18H20N8. The molecule has 1 N–H and O–H groups in total. The summed E-state index contributed by atoms with van der Waals surface area (Å²) in [4.78, 5) is 13.5. The minimum atomic E-state index is 0.446. The molecule has 1 fully saturated rings. The summed E-state index contributed by atoms with van der Waals surface area (Å²) in [6.45, 7) is 4.05. The third-order valence-corrected chi connectivity index (χ3v) is 5.17. The summed E-state index contributed by atoms with van der Waals surface area (Å²) < 4.78 is 3.83. The van der Waals surface area contributed by atoms with Gasteiger partial charge in [0, 0.05) is 6.20 Å². The molecule has 132 valence electrons. The molecule has 26 heavy (non-hydrogen) atoms. The number of aryl methyl sites for hydroxylation is 2. The van der Waals surface area contributed by atoms with Crippen LogP contribution in [0.3, 0.4) is 0 Å². The number of rotatable bonds is 3. The average molecular weight is 348 g/mol. The zero-order chi connectivity index (χ0) is 17.7. The van der Waals surface area contributed by atoms with Crippen molar-refractivity contribution in [3.05, 3.63) is 36.0 Å². The van der Waals surface area contributed by atoms with Gasteiger partial charge in [-0.25, -0.2) is 19.2 Å². The molecule has 0 atom stereocenters. The van der Waals surface area contributed by atoms with Gasteiger partial charge in [0.25, 0.3) is 0 Å². The van der Waals surface area contributed by atoms with Gasteiger partial charge in [-0.15, -0.1) is 0 Å². The molecule has 0 radical (unpaired) electrons. The predicted molar refractivity (Wildman–Crippen MR) is 98.6 cm³/mol. The Labute approximate surface area is 150 Å². The highest BCUT2D eigenvalue weighted by Gasteiger charge is 2.22. The third-order valence-electron chi connectivity index (χ3n) is 5.17. The summed E-state index contributed by atoms with van der Waals surface area (Å²) in [5.74, 6) is 0.569. The fraction of sp³-hybridized carbons (Fsp3) is 0.389. The molecule has 8 heteroatoms. The lowest BCUT2D eigenvalue weighted by Gasteiger charge is -2.12. The van der Waals surface area contributed by atoms with Crippen molar-refractivity contribution in [3.63, 3.8) is 0 Å². The van der Waals surface area contributed by atoms with E-state index in [2.05, 4.69) is 25.1 Å². The SMILES string of the molecule is Cc1cc2ncnn2cc1Nc1ncc2c(C)nn(C3CCCC3)c2n1. The standard InChI is InChI=1S/C18H20N8/c1-11-7-16-20-10-21-25(16)9-15(11)22-18-19-8-14-12(2)24-26(17(14)23-18)13-5-3-4-6-13/h7-10,13H,3-6H2,1-2H3,(H,19,22,23). The molecule has 8 nitrogen and oxygen atoms in total. The Bertz CT molecular complexity index is 1100. The number of hydrogen-bond donors (Lipinski definition) is 1. The predicted octanol–water partition coefficient (Wildman–Crippen LogP) is 3.34. The summed E-state index contributed by atoms with van der Waals surface area (Å²) in [5.41, 5.74) is 4.69. The van der Waals surface area contributed by atoms with Crippen molar-refractivity contribution in [2.45, 2.75) is 45.6 Å². The van der Waals surface area contributed by atoms with Crippen molar-refractivity contribution in [3.8, 4) is 0 Å². The summed E-state index contributed by atoms with van der Waals surface area (Å²) in [7, 11) is 0. The van der Waals surface area contributed by atoms with Crippen LogP contribution in [0.15, 0.2) is 24.8 Å². The molecule has 0 unspecified atom stereocenters. The van der Waals surface area contributed by atoms with E-state index in [1.807, 2.05) is 32.3 Å². The second kappa shape index (κ2) is 5.76. The van der Waals surface area contributed by atoms with E-state index in [0.29, 0.717) is 12.0 Å². The van der Waals surface area contributed by atoms with E-state index in [1.54, 1.807) is 10.8 Å². The van der Waals surface area contributed by atoms with Gasteiger partial charge >= 0.3 is 0 Å². The van der Waals surface area contributed by atoms with Gasteiger partial charge in [-0.05, 0) is 38.3 Å². The van der Waals surface area contributed by atoms with Crippen LogP contribution in [-0.2, 0) is 0 Å². The number of anilines is 2. The minimum absolute atomic E-state index is 0.446. The maximum atomic E-state index is 4.78. The lowest BCUT2D eigenvalue weighted by atomic mass is 10.2. The molecule has 0 aromatic carbocycles. The molecule has 1 aliphatic carbocycles. The first kappa shape index (κ1) is 15.2. The topological polar surface area (TPSA) is 85.8 Å². The number of nitrogens with one attached hydrogen (secondary N) is 1. The maximum Gasteiger partial charge on any atom is 0.229 e. The highest BCUT2D eigenvalue weighted by Crippen LogP contribution is 2.32. The number of pyridine rings is 1. The molecule has 4 aromatic rings. The Kier molecular flexibility index (Phi) is 3.37. The van der Waals surface area contributed by atoms with Crippen LogP contribution in [0, 0.1) is 13.8 Å². The molecule has 5 rings (SSSR count). The molecule has 1 aliphatic rings. The molecular weight excluding hydrogens is 328 g/mol. The molecule has 0 amide bonds. The summed E-state index contributed by atoms with van der Waals surface area (Å²) >= 11 is 0. The van der Waals surface area contributed by atoms with Crippen LogP contribution < -0.4 is 5.32 Å². The number of fused-ring (bicyclic) bond motifs is 2. The highest BCUT2D eigenvalue weighted by atomic mass is 15.3. The van der Waals surface area contributed by atoms with Crippen LogP contribution >= 0.6 is 0 Å². The number of nitrogens with zero attached hydrogens (tertiary/aromatic N) is 7. The molecule has 0 aliphatic heterocycles. The molecule has 0 saturated heterocycles. The molecule has 4 heterocycles. The zero-order valence-electron chi connectivity index (χ0n) is 14.8. The van der Waals surface area contributed by atoms with Crippen molar-refractivity contribution in [2.75, 3.05) is 5.32 Å². The van der Waals surface area contributed by atoms with Gasteiger partial charge in [-0.3, -0.25) is 0 Å². The molecule has 0 spiro atoms. The first-order valence-electron chi connectivity index (χ1n) is 8.98. The second-order valence-electron chi connectivity index (χ2n) is 6.96. The van der Waals surface area contributed by atoms with Gasteiger partial charge in [-0.2, -0.15) is 15.2 Å². The van der Waals surface area contributed by atoms with E-state index < -0.39 is 0 Å². The normalized spacial score (nSPS) is 15.3. The Balaban J connectivity index is 1.56. The van der Waals surface area contributed by atoms with Gasteiger partial charge in [0.2, 0.25) is 5.95 Å². The van der Waals surface area contributed by atoms with E-state index in [1.165, 1.54) is 25.7 Å². The average Bonchev–Trinajstić information content (AvgIpc) is 3.36. The molecule has 4 aromatic heterocycles. The van der Waals surface area contributed by atoms with Crippen LogP contribution in [0.1, 0.15) is 43.0 Å². The van der Waals surface area contributed by atoms with Crippen LogP contribution in [0.2, 0.25) is 0 Å². The third kappa shape index (κ3) is 2.40. The van der Waals surface area contributed by atoms with Crippen LogP contribution in [0.5, 0.6) is 0 Å². The highest BCUT2D eigenvalue weighted by molar-refractivity contribution is 5.79. The van der Waals surface area contributed by atoms with E-state index in [9.17, 15) is 0 Å². The molecule has 0 bridgehead atoms. The van der Waals surface area contributed by atoms with Gasteiger partial charge in [0.1, 0.15) is 6.33 Å². The Morgan fingerprint density at radius 3 is 2.85 bits per heavy atom. The summed E-state index contributed by atoms with van der Waals surface area (Å²) in [5, 5.41) is 13.3. The zero-order valence-corrected chi connectivity index (χ0v) is 14.8. The van der Waals surface area contributed by atoms with Crippen molar-refractivity contribution < 1.29 is 0 Å². The molecule has 1 saturated carbocycles. The second-order valence-corrected chi connectivity index (χ2v) is 6.96. The summed E-state index contributed by atoms with van der Waals surface area (Å²) in [6, 6.07) is 2.43. The van der Waals surface area contributed by atoms with E-state index in [-0.39, 0.29) is 0 Å². The van der Waals surface area contributed by atoms with Crippen molar-refractivity contribution in [1.29, 1.82) is 0 Å². The van der Waals surface area contributed by atoms with Crippen molar-refractivity contribution in [2.24, 2.45) is 0 Å². The first-order valence-corrected chi connectivity index (χ1v) is 8.98. The van der Waals surface area contributed by atoms with E-state index >= 15 is 0 Å².